The first-order valence-corrected chi connectivity index (χ1v) is 7.72. The first-order chi connectivity index (χ1) is 10.4. The second-order valence-corrected chi connectivity index (χ2v) is 6.06. The normalized spacial score (nSPS) is 11.6. The fraction of sp³-hybridized carbons (Fsp3) is 0.588. The third-order valence-corrected chi connectivity index (χ3v) is 2.74. The lowest BCUT2D eigenvalue weighted by Gasteiger charge is -2.23. The summed E-state index contributed by atoms with van der Waals surface area (Å²) in [4.78, 5) is 4.61. The monoisotopic (exact) mass is 435 g/mol. The molecule has 0 aliphatic rings. The van der Waals surface area contributed by atoms with Crippen LogP contribution >= 0.6 is 24.0 Å². The van der Waals surface area contributed by atoms with E-state index < -0.39 is 0 Å². The maximum absolute atomic E-state index is 5.55. The van der Waals surface area contributed by atoms with Crippen molar-refractivity contribution in [2.45, 2.75) is 39.8 Å². The van der Waals surface area contributed by atoms with E-state index in [0.717, 1.165) is 23.8 Å². The summed E-state index contributed by atoms with van der Waals surface area (Å²) in [5.74, 6) is 1.68. The van der Waals surface area contributed by atoms with Crippen LogP contribution < -0.4 is 15.4 Å². The summed E-state index contributed by atoms with van der Waals surface area (Å²) in [5, 5.41) is 6.63. The summed E-state index contributed by atoms with van der Waals surface area (Å²) in [6.45, 7) is 11.0. The van der Waals surface area contributed by atoms with Crippen LogP contribution in [0.2, 0.25) is 0 Å². The van der Waals surface area contributed by atoms with Gasteiger partial charge in [-0.3, -0.25) is 0 Å². The molecule has 0 saturated heterocycles. The Balaban J connectivity index is 0.00000484. The number of nitrogens with zero attached hydrogens (tertiary/aromatic N) is 1. The molecule has 0 fully saturated rings. The van der Waals surface area contributed by atoms with Gasteiger partial charge in [-0.25, -0.2) is 4.99 Å². The highest BCUT2D eigenvalue weighted by molar-refractivity contribution is 14.0. The lowest BCUT2D eigenvalue weighted by Crippen LogP contribution is -2.47. The van der Waals surface area contributed by atoms with Crippen LogP contribution in [-0.4, -0.2) is 38.4 Å². The fourth-order valence-electron chi connectivity index (χ4n) is 1.77. The van der Waals surface area contributed by atoms with Gasteiger partial charge in [0.2, 0.25) is 0 Å². The van der Waals surface area contributed by atoms with Gasteiger partial charge in [0, 0.05) is 19.2 Å². The van der Waals surface area contributed by atoms with Crippen molar-refractivity contribution in [3.05, 3.63) is 29.8 Å². The summed E-state index contributed by atoms with van der Waals surface area (Å²) >= 11 is 0. The SMILES string of the molecule is CCNC(=NCc1ccc(OCCOC)cc1)NC(C)(C)C.I. The third-order valence-electron chi connectivity index (χ3n) is 2.74. The summed E-state index contributed by atoms with van der Waals surface area (Å²) in [7, 11) is 1.66. The Kier molecular flexibility index (Phi) is 11.0. The molecule has 5 nitrogen and oxygen atoms in total. The summed E-state index contributed by atoms with van der Waals surface area (Å²) in [5.41, 5.74) is 1.13. The molecule has 0 aliphatic heterocycles. The number of halogens is 1. The zero-order valence-corrected chi connectivity index (χ0v) is 17.1. The van der Waals surface area contributed by atoms with Gasteiger partial charge in [-0.05, 0) is 45.4 Å². The molecule has 1 aromatic rings. The summed E-state index contributed by atoms with van der Waals surface area (Å²) in [6, 6.07) is 7.99. The highest BCUT2D eigenvalue weighted by atomic mass is 127. The van der Waals surface area contributed by atoms with E-state index >= 15 is 0 Å². The van der Waals surface area contributed by atoms with Crippen LogP contribution in [0.4, 0.5) is 0 Å². The first-order valence-electron chi connectivity index (χ1n) is 7.72. The van der Waals surface area contributed by atoms with Crippen LogP contribution in [0.15, 0.2) is 29.3 Å². The molecule has 1 rings (SSSR count). The van der Waals surface area contributed by atoms with Gasteiger partial charge in [0.25, 0.3) is 0 Å². The van der Waals surface area contributed by atoms with Gasteiger partial charge in [-0.1, -0.05) is 12.1 Å². The van der Waals surface area contributed by atoms with Crippen LogP contribution in [0, 0.1) is 0 Å². The van der Waals surface area contributed by atoms with Crippen molar-refractivity contribution in [3.8, 4) is 5.75 Å². The Labute approximate surface area is 157 Å². The minimum absolute atomic E-state index is 0. The van der Waals surface area contributed by atoms with E-state index in [4.69, 9.17) is 9.47 Å². The van der Waals surface area contributed by atoms with Crippen molar-refractivity contribution < 1.29 is 9.47 Å². The van der Waals surface area contributed by atoms with Gasteiger partial charge in [0.05, 0.1) is 13.2 Å². The highest BCUT2D eigenvalue weighted by Gasteiger charge is 2.11. The van der Waals surface area contributed by atoms with Gasteiger partial charge in [0.1, 0.15) is 12.4 Å². The predicted octanol–water partition coefficient (Wildman–Crippen LogP) is 3.18. The highest BCUT2D eigenvalue weighted by Crippen LogP contribution is 2.12. The van der Waals surface area contributed by atoms with Crippen molar-refractivity contribution in [1.82, 2.24) is 10.6 Å². The smallest absolute Gasteiger partial charge is 0.191 e. The van der Waals surface area contributed by atoms with Crippen LogP contribution in [-0.2, 0) is 11.3 Å². The Morgan fingerprint density at radius 2 is 1.78 bits per heavy atom. The molecule has 23 heavy (non-hydrogen) atoms. The Bertz CT molecular complexity index is 456. The molecule has 0 radical (unpaired) electrons. The topological polar surface area (TPSA) is 54.9 Å². The Morgan fingerprint density at radius 3 is 2.30 bits per heavy atom. The number of aliphatic imine (C=N–C) groups is 1. The average molecular weight is 435 g/mol. The molecule has 0 spiro atoms. The van der Waals surface area contributed by atoms with Gasteiger partial charge < -0.3 is 20.1 Å². The van der Waals surface area contributed by atoms with E-state index in [1.54, 1.807) is 7.11 Å². The number of nitrogens with one attached hydrogen (secondary N) is 2. The van der Waals surface area contributed by atoms with Crippen molar-refractivity contribution in [3.63, 3.8) is 0 Å². The second kappa shape index (κ2) is 11.5. The molecule has 0 bridgehead atoms. The number of guanidine groups is 1. The van der Waals surface area contributed by atoms with E-state index in [1.807, 2.05) is 24.3 Å². The van der Waals surface area contributed by atoms with Crippen LogP contribution in [0.25, 0.3) is 0 Å². The molecule has 0 amide bonds. The third kappa shape index (κ3) is 10.4. The van der Waals surface area contributed by atoms with Gasteiger partial charge in [-0.2, -0.15) is 0 Å². The average Bonchev–Trinajstić information content (AvgIpc) is 2.45. The predicted molar refractivity (Wildman–Crippen MR) is 107 cm³/mol. The number of hydrogen-bond acceptors (Lipinski definition) is 3. The van der Waals surface area contributed by atoms with Crippen LogP contribution in [0.1, 0.15) is 33.3 Å². The van der Waals surface area contributed by atoms with Gasteiger partial charge in [0.15, 0.2) is 5.96 Å². The van der Waals surface area contributed by atoms with E-state index in [-0.39, 0.29) is 29.5 Å². The van der Waals surface area contributed by atoms with Gasteiger partial charge >= 0.3 is 0 Å². The van der Waals surface area contributed by atoms with E-state index in [2.05, 4.69) is 43.3 Å². The molecule has 0 atom stereocenters. The molecule has 6 heteroatoms. The maximum Gasteiger partial charge on any atom is 0.191 e. The maximum atomic E-state index is 5.55. The van der Waals surface area contributed by atoms with Crippen molar-refractivity contribution in [1.29, 1.82) is 0 Å². The molecular weight excluding hydrogens is 405 g/mol. The summed E-state index contributed by atoms with van der Waals surface area (Å²) in [6.07, 6.45) is 0. The molecule has 0 aromatic heterocycles. The minimum atomic E-state index is -0.0138. The minimum Gasteiger partial charge on any atom is -0.491 e. The Hall–Kier alpha value is -1.02. The number of methoxy groups -OCH3 is 1. The lowest BCUT2D eigenvalue weighted by molar-refractivity contribution is 0.146. The Morgan fingerprint density at radius 1 is 1.13 bits per heavy atom. The van der Waals surface area contributed by atoms with Crippen molar-refractivity contribution >= 4 is 29.9 Å². The molecule has 132 valence electrons. The second-order valence-electron chi connectivity index (χ2n) is 6.06. The number of rotatable bonds is 7. The molecular formula is C17H30IN3O2. The molecule has 0 aliphatic carbocycles. The van der Waals surface area contributed by atoms with Crippen LogP contribution in [0.3, 0.4) is 0 Å². The van der Waals surface area contributed by atoms with Gasteiger partial charge in [-0.15, -0.1) is 24.0 Å². The van der Waals surface area contributed by atoms with Crippen LogP contribution in [0.5, 0.6) is 5.75 Å². The zero-order valence-electron chi connectivity index (χ0n) is 14.8. The number of benzene rings is 1. The molecule has 0 unspecified atom stereocenters. The molecule has 0 saturated carbocycles. The van der Waals surface area contributed by atoms with Crippen molar-refractivity contribution in [2.24, 2.45) is 4.99 Å². The van der Waals surface area contributed by atoms with E-state index in [0.29, 0.717) is 19.8 Å². The number of ether oxygens (including phenoxy) is 2. The van der Waals surface area contributed by atoms with Crippen molar-refractivity contribution in [2.75, 3.05) is 26.9 Å². The molecule has 1 aromatic carbocycles. The number of hydrogen-bond donors (Lipinski definition) is 2. The molecule has 0 heterocycles. The fourth-order valence-corrected chi connectivity index (χ4v) is 1.77. The standard InChI is InChI=1S/C17H29N3O2.HI/c1-6-18-16(20-17(2,3)4)19-13-14-7-9-15(10-8-14)22-12-11-21-5;/h7-10H,6,11-13H2,1-5H3,(H2,18,19,20);1H. The van der Waals surface area contributed by atoms with E-state index in [1.165, 1.54) is 0 Å². The van der Waals surface area contributed by atoms with E-state index in [9.17, 15) is 0 Å². The quantitative estimate of drug-likeness (QED) is 0.299. The first kappa shape index (κ1) is 22.0. The zero-order chi connectivity index (χ0) is 16.4. The lowest BCUT2D eigenvalue weighted by atomic mass is 10.1. The molecule has 2 N–H and O–H groups in total. The summed E-state index contributed by atoms with van der Waals surface area (Å²) < 4.78 is 10.5. The largest absolute Gasteiger partial charge is 0.491 e.